The van der Waals surface area contributed by atoms with E-state index in [1.807, 2.05) is 18.2 Å². The maximum Gasteiger partial charge on any atom is 0.160 e. The molecule has 0 saturated carbocycles. The van der Waals surface area contributed by atoms with Crippen LogP contribution in [0.4, 0.5) is 0 Å². The Morgan fingerprint density at radius 3 is 1.81 bits per heavy atom. The van der Waals surface area contributed by atoms with E-state index in [-0.39, 0.29) is 0 Å². The van der Waals surface area contributed by atoms with Gasteiger partial charge in [0, 0.05) is 43.6 Å². The highest BCUT2D eigenvalue weighted by molar-refractivity contribution is 6.22. The zero-order valence-corrected chi connectivity index (χ0v) is 25.2. The Labute approximate surface area is 269 Å². The average Bonchev–Trinajstić information content (AvgIpc) is 3.79. The van der Waals surface area contributed by atoms with Crippen LogP contribution < -0.4 is 0 Å². The molecule has 4 nitrogen and oxygen atoms in total. The summed E-state index contributed by atoms with van der Waals surface area (Å²) in [4.78, 5) is 0. The van der Waals surface area contributed by atoms with Gasteiger partial charge >= 0.3 is 0 Å². The summed E-state index contributed by atoms with van der Waals surface area (Å²) in [5.74, 6) is 0. The lowest BCUT2D eigenvalue weighted by Crippen LogP contribution is -1.98. The van der Waals surface area contributed by atoms with Gasteiger partial charge in [0.1, 0.15) is 5.58 Å². The van der Waals surface area contributed by atoms with E-state index in [9.17, 15) is 5.26 Å². The van der Waals surface area contributed by atoms with Crippen molar-refractivity contribution in [2.24, 2.45) is 0 Å². The molecule has 0 unspecified atom stereocenters. The maximum atomic E-state index is 9.96. The molecule has 0 aliphatic rings. The first-order valence-corrected chi connectivity index (χ1v) is 15.8. The van der Waals surface area contributed by atoms with E-state index >= 15 is 0 Å². The van der Waals surface area contributed by atoms with Crippen molar-refractivity contribution >= 4 is 65.6 Å². The van der Waals surface area contributed by atoms with Gasteiger partial charge < -0.3 is 13.6 Å². The van der Waals surface area contributed by atoms with Gasteiger partial charge in [-0.15, -0.1) is 0 Å². The third-order valence-electron chi connectivity index (χ3n) is 9.54. The van der Waals surface area contributed by atoms with Crippen molar-refractivity contribution in [1.82, 2.24) is 9.13 Å². The zero-order chi connectivity index (χ0) is 31.1. The molecule has 10 aromatic rings. The number of benzene rings is 7. The van der Waals surface area contributed by atoms with Gasteiger partial charge in [-0.25, -0.2) is 0 Å². The number of fused-ring (bicyclic) bond motifs is 10. The van der Waals surface area contributed by atoms with Gasteiger partial charge in [0.15, 0.2) is 5.58 Å². The van der Waals surface area contributed by atoms with E-state index in [1.165, 1.54) is 16.2 Å². The summed E-state index contributed by atoms with van der Waals surface area (Å²) in [6.07, 6.45) is 0. The van der Waals surface area contributed by atoms with Gasteiger partial charge in [0.05, 0.1) is 39.4 Å². The molecule has 0 aliphatic heterocycles. The highest BCUT2D eigenvalue weighted by Gasteiger charge is 2.20. The van der Waals surface area contributed by atoms with Gasteiger partial charge in [-0.3, -0.25) is 0 Å². The van der Waals surface area contributed by atoms with Gasteiger partial charge in [0.25, 0.3) is 0 Å². The number of hydrogen-bond donors (Lipinski definition) is 0. The van der Waals surface area contributed by atoms with Crippen molar-refractivity contribution < 1.29 is 4.42 Å². The number of para-hydroxylation sites is 4. The Balaban J connectivity index is 1.26. The molecule has 0 radical (unpaired) electrons. The summed E-state index contributed by atoms with van der Waals surface area (Å²) < 4.78 is 11.4. The lowest BCUT2D eigenvalue weighted by Gasteiger charge is -2.14. The fraction of sp³-hybridized carbons (Fsp3) is 0. The van der Waals surface area contributed by atoms with Crippen molar-refractivity contribution in [2.45, 2.75) is 0 Å². The molecule has 0 saturated heterocycles. The van der Waals surface area contributed by atoms with E-state index in [2.05, 4.69) is 149 Å². The van der Waals surface area contributed by atoms with E-state index in [0.29, 0.717) is 5.56 Å². The summed E-state index contributed by atoms with van der Waals surface area (Å²) in [5.41, 5.74) is 10.9. The summed E-state index contributed by atoms with van der Waals surface area (Å²) in [6, 6.07) is 55.2. The number of furan rings is 1. The lowest BCUT2D eigenvalue weighted by molar-refractivity contribution is 0.671. The summed E-state index contributed by atoms with van der Waals surface area (Å²) >= 11 is 0. The van der Waals surface area contributed by atoms with E-state index in [4.69, 9.17) is 4.42 Å². The first-order valence-electron chi connectivity index (χ1n) is 15.8. The summed E-state index contributed by atoms with van der Waals surface area (Å²) in [7, 11) is 0. The SMILES string of the molecule is N#Cc1ccc(-n2c3ccccc3c3ccccc32)c(-c2ccc3oc4c(ccc5c6ccccc6n(-c6ccccc6)c54)c3c2)c1. The Morgan fingerprint density at radius 2 is 1.11 bits per heavy atom. The number of nitrogens with zero attached hydrogens (tertiary/aromatic N) is 3. The molecule has 47 heavy (non-hydrogen) atoms. The quantitative estimate of drug-likeness (QED) is 0.203. The molecule has 218 valence electrons. The molecule has 3 aromatic heterocycles. The standard InChI is InChI=1S/C43H25N3O/c44-26-27-18-22-40(46-38-16-8-4-12-30(38)31-13-5-9-17-39(31)46)35(24-27)28-19-23-41-36(25-28)34-21-20-33-32-14-6-7-15-37(32)45(42(33)43(34)47-41)29-10-2-1-3-11-29/h1-25H. The van der Waals surface area contributed by atoms with Crippen LogP contribution in [0.15, 0.2) is 156 Å². The van der Waals surface area contributed by atoms with E-state index in [1.54, 1.807) is 0 Å². The monoisotopic (exact) mass is 599 g/mol. The molecular formula is C43H25N3O. The minimum Gasteiger partial charge on any atom is -0.454 e. The summed E-state index contributed by atoms with van der Waals surface area (Å²) in [5, 5.41) is 16.8. The zero-order valence-electron chi connectivity index (χ0n) is 25.2. The fourth-order valence-electron chi connectivity index (χ4n) is 7.51. The minimum atomic E-state index is 0.621. The van der Waals surface area contributed by atoms with Crippen LogP contribution in [-0.4, -0.2) is 9.13 Å². The molecule has 0 aliphatic carbocycles. The molecule has 4 heteroatoms. The highest BCUT2D eigenvalue weighted by Crippen LogP contribution is 2.42. The van der Waals surface area contributed by atoms with Gasteiger partial charge in [-0.1, -0.05) is 84.9 Å². The number of nitriles is 1. The molecule has 0 spiro atoms. The predicted molar refractivity (Wildman–Crippen MR) is 193 cm³/mol. The molecule has 0 atom stereocenters. The van der Waals surface area contributed by atoms with Crippen molar-refractivity contribution in [1.29, 1.82) is 5.26 Å². The number of aromatic nitrogens is 2. The van der Waals surface area contributed by atoms with Crippen LogP contribution in [-0.2, 0) is 0 Å². The van der Waals surface area contributed by atoms with Crippen LogP contribution in [0.5, 0.6) is 0 Å². The minimum absolute atomic E-state index is 0.621. The molecule has 0 N–H and O–H groups in total. The normalized spacial score (nSPS) is 11.8. The molecule has 0 amide bonds. The highest BCUT2D eigenvalue weighted by atomic mass is 16.3. The van der Waals surface area contributed by atoms with E-state index in [0.717, 1.165) is 71.9 Å². The van der Waals surface area contributed by atoms with Crippen molar-refractivity contribution in [2.75, 3.05) is 0 Å². The molecule has 0 bridgehead atoms. The maximum absolute atomic E-state index is 9.96. The van der Waals surface area contributed by atoms with Crippen LogP contribution in [0, 0.1) is 11.3 Å². The third-order valence-corrected chi connectivity index (χ3v) is 9.54. The van der Waals surface area contributed by atoms with Crippen LogP contribution in [0.25, 0.3) is 88.1 Å². The third kappa shape index (κ3) is 3.63. The smallest absolute Gasteiger partial charge is 0.160 e. The van der Waals surface area contributed by atoms with Gasteiger partial charge in [0.2, 0.25) is 0 Å². The van der Waals surface area contributed by atoms with Crippen molar-refractivity contribution in [3.63, 3.8) is 0 Å². The summed E-state index contributed by atoms with van der Waals surface area (Å²) in [6.45, 7) is 0. The van der Waals surface area contributed by atoms with Gasteiger partial charge in [-0.05, 0) is 72.3 Å². The first kappa shape index (κ1) is 25.7. The Morgan fingerprint density at radius 1 is 0.489 bits per heavy atom. The second kappa shape index (κ2) is 9.71. The number of hydrogen-bond acceptors (Lipinski definition) is 2. The lowest BCUT2D eigenvalue weighted by atomic mass is 9.98. The Hall–Kier alpha value is -6.57. The van der Waals surface area contributed by atoms with Gasteiger partial charge in [-0.2, -0.15) is 5.26 Å². The fourth-order valence-corrected chi connectivity index (χ4v) is 7.51. The first-order chi connectivity index (χ1) is 23.3. The van der Waals surface area contributed by atoms with Crippen LogP contribution >= 0.6 is 0 Å². The van der Waals surface area contributed by atoms with Crippen LogP contribution in [0.1, 0.15) is 5.56 Å². The second-order valence-electron chi connectivity index (χ2n) is 12.1. The average molecular weight is 600 g/mol. The Bertz CT molecular complexity index is 2860. The molecule has 3 heterocycles. The number of rotatable bonds is 3. The predicted octanol–water partition coefficient (Wildman–Crippen LogP) is 11.3. The van der Waals surface area contributed by atoms with E-state index < -0.39 is 0 Å². The van der Waals surface area contributed by atoms with Crippen LogP contribution in [0.3, 0.4) is 0 Å². The second-order valence-corrected chi connectivity index (χ2v) is 12.1. The van der Waals surface area contributed by atoms with Crippen LogP contribution in [0.2, 0.25) is 0 Å². The van der Waals surface area contributed by atoms with Crippen molar-refractivity contribution in [3.8, 4) is 28.6 Å². The molecular weight excluding hydrogens is 574 g/mol. The largest absolute Gasteiger partial charge is 0.454 e. The molecule has 0 fully saturated rings. The topological polar surface area (TPSA) is 46.8 Å². The Kier molecular flexibility index (Phi) is 5.32. The molecule has 7 aromatic carbocycles. The molecule has 10 rings (SSSR count). The van der Waals surface area contributed by atoms with Crippen molar-refractivity contribution in [3.05, 3.63) is 157 Å².